The monoisotopic (exact) mass is 317 g/mol. The van der Waals surface area contributed by atoms with Crippen molar-refractivity contribution < 1.29 is 23.7 Å². The highest BCUT2D eigenvalue weighted by Gasteiger charge is 2.48. The van der Waals surface area contributed by atoms with Crippen molar-refractivity contribution in [3.05, 3.63) is 17.7 Å². The van der Waals surface area contributed by atoms with Gasteiger partial charge in [0, 0.05) is 11.8 Å². The first-order valence-corrected chi connectivity index (χ1v) is 7.56. The molecule has 1 unspecified atom stereocenters. The van der Waals surface area contributed by atoms with Crippen molar-refractivity contribution in [2.75, 3.05) is 21.0 Å². The molecule has 2 aliphatic rings. The summed E-state index contributed by atoms with van der Waals surface area (Å²) in [6.45, 7) is 4.35. The fourth-order valence-corrected chi connectivity index (χ4v) is 3.07. The first kappa shape index (κ1) is 14.4. The Morgan fingerprint density at radius 1 is 1.22 bits per heavy atom. The smallest absolute Gasteiger partial charge is 0.231 e. The van der Waals surface area contributed by atoms with Crippen LogP contribution in [-0.2, 0) is 11.2 Å². The Labute approximate surface area is 134 Å². The largest absolute Gasteiger partial charge is 0.496 e. The highest BCUT2D eigenvalue weighted by atomic mass is 16.7. The lowest BCUT2D eigenvalue weighted by Crippen LogP contribution is -2.09. The van der Waals surface area contributed by atoms with E-state index < -0.39 is 0 Å². The van der Waals surface area contributed by atoms with Gasteiger partial charge in [0.2, 0.25) is 12.7 Å². The minimum atomic E-state index is -0.111. The standard InChI is InChI=1S/C17H19NO5/c1-17(2)12(23-17)7-10-14(19-3)9-5-6-11-15(22-8-21-11)13(9)18-16(10)20-4/h5-6,12H,7-8H2,1-4H3. The molecule has 0 bridgehead atoms. The molecule has 23 heavy (non-hydrogen) atoms. The second-order valence-corrected chi connectivity index (χ2v) is 6.24. The molecule has 6 nitrogen and oxygen atoms in total. The van der Waals surface area contributed by atoms with E-state index in [1.54, 1.807) is 14.2 Å². The molecule has 1 fully saturated rings. The number of hydrogen-bond acceptors (Lipinski definition) is 6. The minimum Gasteiger partial charge on any atom is -0.496 e. The zero-order valence-corrected chi connectivity index (χ0v) is 13.6. The number of pyridine rings is 1. The van der Waals surface area contributed by atoms with E-state index in [-0.39, 0.29) is 18.5 Å². The van der Waals surface area contributed by atoms with E-state index in [9.17, 15) is 0 Å². The lowest BCUT2D eigenvalue weighted by atomic mass is 10.0. The maximum Gasteiger partial charge on any atom is 0.231 e. The number of methoxy groups -OCH3 is 2. The van der Waals surface area contributed by atoms with E-state index in [1.807, 2.05) is 12.1 Å². The number of benzene rings is 1. The van der Waals surface area contributed by atoms with Crippen LogP contribution in [0.4, 0.5) is 0 Å². The van der Waals surface area contributed by atoms with Crippen molar-refractivity contribution in [2.24, 2.45) is 0 Å². The SMILES string of the molecule is COc1nc2c3c(ccc2c(OC)c1CC1OC1(C)C)OCO3. The van der Waals surface area contributed by atoms with Gasteiger partial charge >= 0.3 is 0 Å². The van der Waals surface area contributed by atoms with E-state index in [0.717, 1.165) is 16.7 Å². The molecule has 1 atom stereocenters. The first-order valence-electron chi connectivity index (χ1n) is 7.56. The quantitative estimate of drug-likeness (QED) is 0.808. The van der Waals surface area contributed by atoms with Crippen LogP contribution in [0.15, 0.2) is 12.1 Å². The molecule has 0 radical (unpaired) electrons. The number of aromatic nitrogens is 1. The molecular formula is C17H19NO5. The summed E-state index contributed by atoms with van der Waals surface area (Å²) >= 11 is 0. The van der Waals surface area contributed by atoms with Gasteiger partial charge in [-0.2, -0.15) is 0 Å². The number of fused-ring (bicyclic) bond motifs is 3. The Morgan fingerprint density at radius 3 is 2.65 bits per heavy atom. The molecule has 1 aromatic heterocycles. The molecule has 6 heteroatoms. The molecule has 2 aliphatic heterocycles. The lowest BCUT2D eigenvalue weighted by Gasteiger charge is -2.15. The summed E-state index contributed by atoms with van der Waals surface area (Å²) in [5.74, 6) is 2.60. The second-order valence-electron chi connectivity index (χ2n) is 6.24. The molecule has 3 heterocycles. The molecule has 2 aromatic rings. The Kier molecular flexibility index (Phi) is 3.06. The third-order valence-electron chi connectivity index (χ3n) is 4.45. The van der Waals surface area contributed by atoms with Crippen LogP contribution in [0.1, 0.15) is 19.4 Å². The zero-order chi connectivity index (χ0) is 16.2. The average molecular weight is 317 g/mol. The van der Waals surface area contributed by atoms with Gasteiger partial charge < -0.3 is 23.7 Å². The molecular weight excluding hydrogens is 298 g/mol. The number of ether oxygens (including phenoxy) is 5. The van der Waals surface area contributed by atoms with Crippen LogP contribution in [0.2, 0.25) is 0 Å². The molecule has 1 saturated heterocycles. The highest BCUT2D eigenvalue weighted by molar-refractivity contribution is 5.94. The molecule has 1 aromatic carbocycles. The van der Waals surface area contributed by atoms with Gasteiger partial charge in [-0.25, -0.2) is 4.98 Å². The topological polar surface area (TPSA) is 62.3 Å². The normalized spacial score (nSPS) is 20.6. The van der Waals surface area contributed by atoms with Gasteiger partial charge in [-0.1, -0.05) is 0 Å². The van der Waals surface area contributed by atoms with Crippen LogP contribution < -0.4 is 18.9 Å². The average Bonchev–Trinajstić information content (AvgIpc) is 2.95. The van der Waals surface area contributed by atoms with Crippen LogP contribution in [-0.4, -0.2) is 37.7 Å². The highest BCUT2D eigenvalue weighted by Crippen LogP contribution is 2.46. The van der Waals surface area contributed by atoms with Crippen molar-refractivity contribution in [1.82, 2.24) is 4.98 Å². The number of epoxide rings is 1. The molecule has 0 saturated carbocycles. The van der Waals surface area contributed by atoms with Gasteiger partial charge in [-0.15, -0.1) is 0 Å². The predicted octanol–water partition coefficient (Wildman–Crippen LogP) is 2.70. The maximum atomic E-state index is 5.71. The molecule has 0 N–H and O–H groups in total. The van der Waals surface area contributed by atoms with Crippen molar-refractivity contribution in [3.63, 3.8) is 0 Å². The van der Waals surface area contributed by atoms with E-state index >= 15 is 0 Å². The van der Waals surface area contributed by atoms with Gasteiger partial charge in [-0.3, -0.25) is 0 Å². The molecule has 0 aliphatic carbocycles. The van der Waals surface area contributed by atoms with Gasteiger partial charge in [-0.05, 0) is 26.0 Å². The Balaban J connectivity index is 1.90. The summed E-state index contributed by atoms with van der Waals surface area (Å²) in [6, 6.07) is 3.82. The summed E-state index contributed by atoms with van der Waals surface area (Å²) in [6.07, 6.45) is 0.829. The van der Waals surface area contributed by atoms with Crippen molar-refractivity contribution in [1.29, 1.82) is 0 Å². The van der Waals surface area contributed by atoms with Crippen LogP contribution in [0, 0.1) is 0 Å². The minimum absolute atomic E-state index is 0.111. The summed E-state index contributed by atoms with van der Waals surface area (Å²) in [5, 5.41) is 0.881. The summed E-state index contributed by atoms with van der Waals surface area (Å²) < 4.78 is 27.9. The Morgan fingerprint density at radius 2 is 2.00 bits per heavy atom. The fourth-order valence-electron chi connectivity index (χ4n) is 3.07. The van der Waals surface area contributed by atoms with Crippen molar-refractivity contribution >= 4 is 10.9 Å². The number of hydrogen-bond donors (Lipinski definition) is 0. The molecule has 0 amide bonds. The molecule has 122 valence electrons. The van der Waals surface area contributed by atoms with E-state index in [4.69, 9.17) is 23.7 Å². The van der Waals surface area contributed by atoms with E-state index in [2.05, 4.69) is 18.8 Å². The third-order valence-corrected chi connectivity index (χ3v) is 4.45. The Hall–Kier alpha value is -2.21. The van der Waals surface area contributed by atoms with Gasteiger partial charge in [0.15, 0.2) is 11.5 Å². The lowest BCUT2D eigenvalue weighted by molar-refractivity contribution is 0.174. The maximum absolute atomic E-state index is 5.71. The van der Waals surface area contributed by atoms with Crippen LogP contribution in [0.5, 0.6) is 23.1 Å². The zero-order valence-electron chi connectivity index (χ0n) is 13.6. The van der Waals surface area contributed by atoms with Crippen LogP contribution >= 0.6 is 0 Å². The summed E-state index contributed by atoms with van der Waals surface area (Å²) in [5.41, 5.74) is 1.49. The van der Waals surface area contributed by atoms with Gasteiger partial charge in [0.1, 0.15) is 11.3 Å². The fraction of sp³-hybridized carbons (Fsp3) is 0.471. The predicted molar refractivity (Wildman–Crippen MR) is 83.6 cm³/mol. The molecule has 4 rings (SSSR count). The second kappa shape index (κ2) is 4.89. The summed E-state index contributed by atoms with van der Waals surface area (Å²) in [4.78, 5) is 4.64. The van der Waals surface area contributed by atoms with Crippen LogP contribution in [0.25, 0.3) is 10.9 Å². The van der Waals surface area contributed by atoms with Gasteiger partial charge in [0.05, 0.1) is 31.5 Å². The number of nitrogens with zero attached hydrogens (tertiary/aromatic N) is 1. The summed E-state index contributed by atoms with van der Waals surface area (Å²) in [7, 11) is 3.26. The first-order chi connectivity index (χ1) is 11.0. The van der Waals surface area contributed by atoms with Crippen molar-refractivity contribution in [3.8, 4) is 23.1 Å². The van der Waals surface area contributed by atoms with Crippen molar-refractivity contribution in [2.45, 2.75) is 32.0 Å². The van der Waals surface area contributed by atoms with Crippen LogP contribution in [0.3, 0.4) is 0 Å². The number of rotatable bonds is 4. The van der Waals surface area contributed by atoms with E-state index in [1.165, 1.54) is 0 Å². The van der Waals surface area contributed by atoms with Gasteiger partial charge in [0.25, 0.3) is 0 Å². The Bertz CT molecular complexity index is 786. The van der Waals surface area contributed by atoms with E-state index in [0.29, 0.717) is 29.3 Å². The third kappa shape index (κ3) is 2.16. The molecule has 0 spiro atoms.